The van der Waals surface area contributed by atoms with Gasteiger partial charge in [-0.05, 0) is 6.92 Å². The summed E-state index contributed by atoms with van der Waals surface area (Å²) in [5.74, 6) is -0.519. The predicted octanol–water partition coefficient (Wildman–Crippen LogP) is 2.47. The van der Waals surface area contributed by atoms with Crippen LogP contribution in [0.1, 0.15) is 24.2 Å². The fourth-order valence-corrected chi connectivity index (χ4v) is 1.39. The molecule has 1 rings (SSSR count). The van der Waals surface area contributed by atoms with Gasteiger partial charge in [0, 0.05) is 23.9 Å². The van der Waals surface area contributed by atoms with E-state index in [1.54, 1.807) is 56.6 Å². The number of hydrogen-bond donors (Lipinski definition) is 1. The molecule has 1 N–H and O–H groups in total. The Morgan fingerprint density at radius 3 is 2.59 bits per heavy atom. The lowest BCUT2D eigenvalue weighted by atomic mass is 9.96. The summed E-state index contributed by atoms with van der Waals surface area (Å²) in [7, 11) is 0. The normalized spacial score (nSPS) is 15.2. The van der Waals surface area contributed by atoms with E-state index in [0.29, 0.717) is 5.56 Å². The first-order valence-corrected chi connectivity index (χ1v) is 5.58. The summed E-state index contributed by atoms with van der Waals surface area (Å²) in [6.07, 6.45) is 3.92. The smallest absolute Gasteiger partial charge is 0.191 e. The van der Waals surface area contributed by atoms with Crippen molar-refractivity contribution in [2.45, 2.75) is 20.0 Å². The maximum Gasteiger partial charge on any atom is 0.191 e. The summed E-state index contributed by atoms with van der Waals surface area (Å²) < 4.78 is 0. The molecule has 1 aromatic rings. The Bertz CT molecular complexity index is 409. The van der Waals surface area contributed by atoms with Crippen LogP contribution in [0.5, 0.6) is 0 Å². The first-order valence-electron chi connectivity index (χ1n) is 5.58. The van der Waals surface area contributed by atoms with Crippen molar-refractivity contribution in [3.05, 3.63) is 48.2 Å². The highest BCUT2D eigenvalue weighted by Gasteiger charge is 2.21. The van der Waals surface area contributed by atoms with Gasteiger partial charge in [-0.25, -0.2) is 0 Å². The van der Waals surface area contributed by atoms with Gasteiger partial charge in [-0.15, -0.1) is 0 Å². The number of aliphatic hydroxyl groups excluding tert-OH is 1. The monoisotopic (exact) mass is 231 g/mol. The van der Waals surface area contributed by atoms with Crippen LogP contribution in [0.2, 0.25) is 0 Å². The first kappa shape index (κ1) is 13.3. The molecule has 0 saturated heterocycles. The zero-order valence-electron chi connectivity index (χ0n) is 10.1. The Morgan fingerprint density at radius 1 is 1.35 bits per heavy atom. The predicted molar refractivity (Wildman–Crippen MR) is 69.2 cm³/mol. The molecule has 2 atom stereocenters. The van der Waals surface area contributed by atoms with Gasteiger partial charge in [0.2, 0.25) is 0 Å². The summed E-state index contributed by atoms with van der Waals surface area (Å²) >= 11 is 0. The van der Waals surface area contributed by atoms with E-state index in [-0.39, 0.29) is 11.7 Å². The quantitative estimate of drug-likeness (QED) is 0.625. The van der Waals surface area contributed by atoms with Gasteiger partial charge in [-0.1, -0.05) is 43.3 Å². The largest absolute Gasteiger partial charge is 0.384 e. The van der Waals surface area contributed by atoms with Crippen molar-refractivity contribution in [1.29, 1.82) is 0 Å². The average molecular weight is 231 g/mol. The molecule has 0 spiro atoms. The maximum atomic E-state index is 11.9. The summed E-state index contributed by atoms with van der Waals surface area (Å²) in [4.78, 5) is 15.8. The van der Waals surface area contributed by atoms with Gasteiger partial charge in [-0.3, -0.25) is 9.79 Å². The molecule has 3 nitrogen and oxygen atoms in total. The second-order valence-corrected chi connectivity index (χ2v) is 3.78. The molecule has 0 aliphatic heterocycles. The molecule has 3 heteroatoms. The third-order valence-electron chi connectivity index (χ3n) is 2.45. The minimum Gasteiger partial charge on any atom is -0.384 e. The number of nitrogens with zero attached hydrogens (tertiary/aromatic N) is 1. The van der Waals surface area contributed by atoms with E-state index < -0.39 is 6.10 Å². The highest BCUT2D eigenvalue weighted by atomic mass is 16.3. The molecular weight excluding hydrogens is 214 g/mol. The molecule has 17 heavy (non-hydrogen) atoms. The molecule has 1 aromatic carbocycles. The van der Waals surface area contributed by atoms with Crippen LogP contribution >= 0.6 is 0 Å². The van der Waals surface area contributed by atoms with Crippen LogP contribution in [0, 0.1) is 5.92 Å². The lowest BCUT2D eigenvalue weighted by Crippen LogP contribution is -2.26. The molecule has 0 bridgehead atoms. The Morgan fingerprint density at radius 2 is 2.00 bits per heavy atom. The second-order valence-electron chi connectivity index (χ2n) is 3.78. The van der Waals surface area contributed by atoms with Crippen molar-refractivity contribution in [1.82, 2.24) is 0 Å². The van der Waals surface area contributed by atoms with Gasteiger partial charge >= 0.3 is 0 Å². The molecule has 0 radical (unpaired) electrons. The van der Waals surface area contributed by atoms with Gasteiger partial charge in [0.15, 0.2) is 5.78 Å². The van der Waals surface area contributed by atoms with Crippen LogP contribution in [0.4, 0.5) is 0 Å². The van der Waals surface area contributed by atoms with Crippen molar-refractivity contribution >= 4 is 12.0 Å². The standard InChI is InChI=1S/C14H17NO2/c1-3-15-10-9-11(2)13(16)14(17)12-7-5-4-6-8-12/h3-11,13,16H,1-2H3/b10-9-,15-3?. The number of hydrogen-bond acceptors (Lipinski definition) is 3. The van der Waals surface area contributed by atoms with E-state index >= 15 is 0 Å². The molecule has 0 saturated carbocycles. The molecule has 0 heterocycles. The van der Waals surface area contributed by atoms with Crippen LogP contribution < -0.4 is 0 Å². The summed E-state index contributed by atoms with van der Waals surface area (Å²) in [5.41, 5.74) is 0.527. The van der Waals surface area contributed by atoms with Crippen LogP contribution in [-0.2, 0) is 0 Å². The van der Waals surface area contributed by atoms with Crippen LogP contribution in [0.25, 0.3) is 0 Å². The van der Waals surface area contributed by atoms with Crippen molar-refractivity contribution in [3.8, 4) is 0 Å². The zero-order chi connectivity index (χ0) is 12.7. The second kappa shape index (κ2) is 6.76. The number of aliphatic imine (C=N–C) groups is 1. The van der Waals surface area contributed by atoms with Crippen molar-refractivity contribution in [3.63, 3.8) is 0 Å². The number of rotatable bonds is 5. The van der Waals surface area contributed by atoms with Crippen molar-refractivity contribution in [2.24, 2.45) is 10.9 Å². The van der Waals surface area contributed by atoms with Crippen LogP contribution in [0.15, 0.2) is 47.6 Å². The third kappa shape index (κ3) is 3.96. The zero-order valence-corrected chi connectivity index (χ0v) is 10.1. The van der Waals surface area contributed by atoms with Crippen molar-refractivity contribution in [2.75, 3.05) is 0 Å². The molecule has 0 fully saturated rings. The number of Topliss-reactive ketones (excluding diaryl/α,β-unsaturated/α-hetero) is 1. The average Bonchev–Trinajstić information content (AvgIpc) is 2.38. The first-order chi connectivity index (χ1) is 8.16. The van der Waals surface area contributed by atoms with Crippen LogP contribution in [-0.4, -0.2) is 23.2 Å². The Kier molecular flexibility index (Phi) is 5.30. The number of aliphatic hydroxyl groups is 1. The lowest BCUT2D eigenvalue weighted by Gasteiger charge is -2.13. The lowest BCUT2D eigenvalue weighted by molar-refractivity contribution is 0.0676. The molecule has 0 amide bonds. The molecule has 0 aliphatic rings. The topological polar surface area (TPSA) is 49.7 Å². The molecule has 2 unspecified atom stereocenters. The highest BCUT2D eigenvalue weighted by molar-refractivity contribution is 5.99. The number of carbonyl (C=O) groups is 1. The van der Waals surface area contributed by atoms with Crippen molar-refractivity contribution < 1.29 is 9.90 Å². The van der Waals surface area contributed by atoms with E-state index in [2.05, 4.69) is 4.99 Å². The Hall–Kier alpha value is -1.74. The molecule has 90 valence electrons. The van der Waals surface area contributed by atoms with E-state index in [1.807, 2.05) is 6.07 Å². The Labute approximate surface area is 102 Å². The molecule has 0 aromatic heterocycles. The van der Waals surface area contributed by atoms with Crippen LogP contribution in [0.3, 0.4) is 0 Å². The van der Waals surface area contributed by atoms with E-state index in [1.165, 1.54) is 0 Å². The molecule has 0 aliphatic carbocycles. The maximum absolute atomic E-state index is 11.9. The number of carbonyl (C=O) groups excluding carboxylic acids is 1. The summed E-state index contributed by atoms with van der Waals surface area (Å²) in [6, 6.07) is 8.80. The number of benzene rings is 1. The van der Waals surface area contributed by atoms with E-state index in [0.717, 1.165) is 0 Å². The minimum absolute atomic E-state index is 0.258. The van der Waals surface area contributed by atoms with Gasteiger partial charge < -0.3 is 5.11 Å². The van der Waals surface area contributed by atoms with Gasteiger partial charge in [0.05, 0.1) is 0 Å². The van der Waals surface area contributed by atoms with Gasteiger partial charge in [0.25, 0.3) is 0 Å². The minimum atomic E-state index is -1.03. The van der Waals surface area contributed by atoms with Gasteiger partial charge in [0.1, 0.15) is 6.10 Å². The fourth-order valence-electron chi connectivity index (χ4n) is 1.39. The fraction of sp³-hybridized carbons (Fsp3) is 0.286. The summed E-state index contributed by atoms with van der Waals surface area (Å²) in [6.45, 7) is 3.59. The summed E-state index contributed by atoms with van der Waals surface area (Å²) in [5, 5.41) is 9.89. The third-order valence-corrected chi connectivity index (χ3v) is 2.45. The van der Waals surface area contributed by atoms with E-state index in [4.69, 9.17) is 0 Å². The molecular formula is C14H17NO2. The van der Waals surface area contributed by atoms with Gasteiger partial charge in [-0.2, -0.15) is 0 Å². The Balaban J connectivity index is 2.70. The highest BCUT2D eigenvalue weighted by Crippen LogP contribution is 2.12. The van der Waals surface area contributed by atoms with E-state index in [9.17, 15) is 9.90 Å². The SMILES string of the molecule is CC=N/C=C\C(C)C(O)C(=O)c1ccccc1. The number of ketones is 1.